The van der Waals surface area contributed by atoms with Gasteiger partial charge in [0, 0.05) is 57.2 Å². The van der Waals surface area contributed by atoms with Crippen LogP contribution in [0.15, 0.2) is 36.7 Å². The molecule has 0 amide bonds. The van der Waals surface area contributed by atoms with E-state index < -0.39 is 0 Å². The Morgan fingerprint density at radius 2 is 1.69 bits per heavy atom. The van der Waals surface area contributed by atoms with Gasteiger partial charge in [-0.05, 0) is 106 Å². The molecule has 12 heteroatoms. The minimum atomic E-state index is 0.00580. The molecule has 2 aromatic heterocycles. The Bertz CT molecular complexity index is 1570. The summed E-state index contributed by atoms with van der Waals surface area (Å²) in [6.45, 7) is 7.77. The number of benzene rings is 1. The normalized spacial score (nSPS) is 25.1. The number of piperazine rings is 1. The summed E-state index contributed by atoms with van der Waals surface area (Å²) in [5.41, 5.74) is 3.77. The molecule has 2 aliphatic heterocycles. The van der Waals surface area contributed by atoms with Gasteiger partial charge in [-0.15, -0.1) is 10.2 Å². The van der Waals surface area contributed by atoms with Crippen molar-refractivity contribution in [3.63, 3.8) is 0 Å². The number of aromatic nitrogens is 4. The average molecular weight is 675 g/mol. The molecule has 4 heterocycles. The van der Waals surface area contributed by atoms with Crippen LogP contribution in [-0.2, 0) is 9.53 Å². The van der Waals surface area contributed by atoms with Crippen LogP contribution in [0.2, 0.25) is 5.02 Å². The largest absolute Gasteiger partial charge is 0.506 e. The maximum Gasteiger partial charge on any atom is 0.308 e. The minimum absolute atomic E-state index is 0.00580. The number of esters is 1. The fourth-order valence-electron chi connectivity index (χ4n) is 8.44. The molecule has 2 saturated carbocycles. The summed E-state index contributed by atoms with van der Waals surface area (Å²) in [5.74, 6) is 2.11. The molecule has 48 heavy (non-hydrogen) atoms. The fraction of sp³-hybridized carbons (Fsp3) is 0.583. The molecule has 1 spiro atoms. The molecule has 0 unspecified atom stereocenters. The van der Waals surface area contributed by atoms with Crippen LogP contribution in [0, 0.1) is 11.3 Å². The van der Waals surface area contributed by atoms with Crippen molar-refractivity contribution in [1.29, 1.82) is 0 Å². The molecule has 2 saturated heterocycles. The molecule has 2 aliphatic carbocycles. The minimum Gasteiger partial charge on any atom is -0.506 e. The average Bonchev–Trinajstić information content (AvgIpc) is 3.12. The van der Waals surface area contributed by atoms with Gasteiger partial charge in [-0.3, -0.25) is 4.79 Å². The first-order valence-electron chi connectivity index (χ1n) is 17.6. The Kier molecular flexibility index (Phi) is 9.60. The first-order valence-corrected chi connectivity index (χ1v) is 18.0. The molecule has 1 aromatic carbocycles. The third-order valence-electron chi connectivity index (χ3n) is 11.4. The number of para-hydroxylation sites is 1. The third-order valence-corrected chi connectivity index (χ3v) is 11.7. The second-order valence-corrected chi connectivity index (χ2v) is 14.4. The van der Waals surface area contributed by atoms with Gasteiger partial charge in [-0.2, -0.15) is 0 Å². The number of phenols is 1. The second-order valence-electron chi connectivity index (χ2n) is 14.0. The SMILES string of the molecule is CCOC(=O)C1CCC2(CC1)CC(N1CCC(c3cnc(N4CCN(c5cc(-c6cccc(Cl)c6O)nnc5NC)CC4)nc3)CC1)C2. The van der Waals surface area contributed by atoms with Crippen molar-refractivity contribution in [3.05, 3.63) is 47.2 Å². The van der Waals surface area contributed by atoms with E-state index >= 15 is 0 Å². The van der Waals surface area contributed by atoms with Gasteiger partial charge in [0.1, 0.15) is 5.75 Å². The number of ether oxygens (including phenoxy) is 1. The Balaban J connectivity index is 0.891. The van der Waals surface area contributed by atoms with Crippen molar-refractivity contribution in [1.82, 2.24) is 25.1 Å². The van der Waals surface area contributed by atoms with E-state index in [1.165, 1.54) is 31.2 Å². The molecule has 0 atom stereocenters. The van der Waals surface area contributed by atoms with E-state index in [2.05, 4.69) is 30.2 Å². The zero-order chi connectivity index (χ0) is 33.3. The van der Waals surface area contributed by atoms with Gasteiger partial charge in [0.15, 0.2) is 5.82 Å². The number of carbonyl (C=O) groups excluding carboxylic acids is 1. The van der Waals surface area contributed by atoms with Crippen LogP contribution in [0.4, 0.5) is 17.5 Å². The van der Waals surface area contributed by atoms with Crippen molar-refractivity contribution in [2.75, 3.05) is 68.0 Å². The maximum absolute atomic E-state index is 12.2. The summed E-state index contributed by atoms with van der Waals surface area (Å²) < 4.78 is 5.27. The first kappa shape index (κ1) is 32.8. The highest BCUT2D eigenvalue weighted by molar-refractivity contribution is 6.32. The summed E-state index contributed by atoms with van der Waals surface area (Å²) in [7, 11) is 1.84. The molecule has 4 fully saturated rings. The van der Waals surface area contributed by atoms with Gasteiger partial charge in [0.2, 0.25) is 5.95 Å². The van der Waals surface area contributed by atoms with E-state index in [0.29, 0.717) is 41.1 Å². The molecule has 3 aromatic rings. The molecule has 4 aliphatic rings. The number of nitrogens with one attached hydrogen (secondary N) is 1. The lowest BCUT2D eigenvalue weighted by Crippen LogP contribution is -2.54. The molecular weight excluding hydrogens is 628 g/mol. The number of piperidine rings is 1. The molecule has 7 rings (SSSR count). The zero-order valence-electron chi connectivity index (χ0n) is 28.1. The van der Waals surface area contributed by atoms with Gasteiger partial charge < -0.3 is 29.9 Å². The number of hydrogen-bond donors (Lipinski definition) is 2. The molecule has 2 N–H and O–H groups in total. The fourth-order valence-corrected chi connectivity index (χ4v) is 8.61. The highest BCUT2D eigenvalue weighted by Crippen LogP contribution is 2.55. The highest BCUT2D eigenvalue weighted by atomic mass is 35.5. The van der Waals surface area contributed by atoms with Crippen LogP contribution < -0.4 is 15.1 Å². The molecule has 0 bridgehead atoms. The van der Waals surface area contributed by atoms with Crippen molar-refractivity contribution in [3.8, 4) is 17.0 Å². The zero-order valence-corrected chi connectivity index (χ0v) is 28.8. The van der Waals surface area contributed by atoms with E-state index in [1.54, 1.807) is 18.2 Å². The first-order chi connectivity index (χ1) is 23.4. The van der Waals surface area contributed by atoms with Crippen molar-refractivity contribution in [2.45, 2.75) is 70.3 Å². The summed E-state index contributed by atoms with van der Waals surface area (Å²) in [6, 6.07) is 7.90. The highest BCUT2D eigenvalue weighted by Gasteiger charge is 2.49. The lowest BCUT2D eigenvalue weighted by Gasteiger charge is -2.55. The Hall–Kier alpha value is -3.70. The van der Waals surface area contributed by atoms with Crippen LogP contribution in [-0.4, -0.2) is 95.1 Å². The van der Waals surface area contributed by atoms with Crippen LogP contribution in [0.1, 0.15) is 69.8 Å². The quantitative estimate of drug-likeness (QED) is 0.285. The number of anilines is 3. The predicted octanol–water partition coefficient (Wildman–Crippen LogP) is 5.74. The van der Waals surface area contributed by atoms with Crippen LogP contribution in [0.3, 0.4) is 0 Å². The van der Waals surface area contributed by atoms with Crippen molar-refractivity contribution in [2.24, 2.45) is 11.3 Å². The standard InChI is InChI=1S/C36H47ClN8O3/c1-3-48-34(47)25-7-11-36(12-8-25)20-27(21-36)43-13-9-24(10-14-43)26-22-39-35(40-23-26)45-17-15-44(16-18-45)31-19-30(41-42-33(31)38-2)28-5-4-6-29(37)32(28)46/h4-6,19,22-25,27,46H,3,7-18,20-21H2,1-2H3,(H,38,42). The summed E-state index contributed by atoms with van der Waals surface area (Å²) in [5, 5.41) is 22.7. The number of rotatable bonds is 8. The Labute approximate surface area is 288 Å². The van der Waals surface area contributed by atoms with E-state index in [9.17, 15) is 9.90 Å². The van der Waals surface area contributed by atoms with Crippen molar-refractivity contribution < 1.29 is 14.6 Å². The number of aromatic hydroxyl groups is 1. The van der Waals surface area contributed by atoms with Crippen LogP contribution in [0.5, 0.6) is 5.75 Å². The maximum atomic E-state index is 12.2. The van der Waals surface area contributed by atoms with Gasteiger partial charge in [-0.1, -0.05) is 17.7 Å². The van der Waals surface area contributed by atoms with E-state index in [4.69, 9.17) is 26.3 Å². The summed E-state index contributed by atoms with van der Waals surface area (Å²) >= 11 is 6.15. The van der Waals surface area contributed by atoms with E-state index in [-0.39, 0.29) is 22.7 Å². The smallest absolute Gasteiger partial charge is 0.308 e. The molecule has 0 radical (unpaired) electrons. The van der Waals surface area contributed by atoms with E-state index in [0.717, 1.165) is 76.6 Å². The van der Waals surface area contributed by atoms with Gasteiger partial charge in [-0.25, -0.2) is 9.97 Å². The molecule has 256 valence electrons. The second kappa shape index (κ2) is 14.0. The monoisotopic (exact) mass is 674 g/mol. The topological polar surface area (TPSA) is 120 Å². The number of carbonyl (C=O) groups is 1. The Morgan fingerprint density at radius 1 is 1.00 bits per heavy atom. The molecule has 11 nitrogen and oxygen atoms in total. The van der Waals surface area contributed by atoms with Gasteiger partial charge in [0.25, 0.3) is 0 Å². The lowest BCUT2D eigenvalue weighted by atomic mass is 9.56. The summed E-state index contributed by atoms with van der Waals surface area (Å²) in [4.78, 5) is 29.0. The lowest BCUT2D eigenvalue weighted by molar-refractivity contribution is -0.151. The van der Waals surface area contributed by atoms with Crippen LogP contribution >= 0.6 is 11.6 Å². The van der Waals surface area contributed by atoms with E-state index in [1.807, 2.05) is 32.4 Å². The van der Waals surface area contributed by atoms with Gasteiger partial charge in [0.05, 0.1) is 28.9 Å². The predicted molar refractivity (Wildman–Crippen MR) is 188 cm³/mol. The Morgan fingerprint density at radius 3 is 2.35 bits per heavy atom. The van der Waals surface area contributed by atoms with Gasteiger partial charge >= 0.3 is 5.97 Å². The van der Waals surface area contributed by atoms with Crippen LogP contribution in [0.25, 0.3) is 11.3 Å². The number of phenolic OH excluding ortho intramolecular Hbond substituents is 1. The number of likely N-dealkylation sites (tertiary alicyclic amines) is 1. The third kappa shape index (κ3) is 6.63. The number of hydrogen-bond acceptors (Lipinski definition) is 11. The number of nitrogens with zero attached hydrogens (tertiary/aromatic N) is 7. The summed E-state index contributed by atoms with van der Waals surface area (Å²) in [6.07, 6.45) is 13.3. The number of halogens is 1. The van der Waals surface area contributed by atoms with Crippen molar-refractivity contribution >= 4 is 35.0 Å². The molecular formula is C36H47ClN8O3.